The van der Waals surface area contributed by atoms with Gasteiger partial charge in [-0.25, -0.2) is 4.98 Å². The second-order valence-electron chi connectivity index (χ2n) is 6.64. The lowest BCUT2D eigenvalue weighted by Gasteiger charge is -2.08. The number of aromatic nitrogens is 1. The Hall–Kier alpha value is -3.09. The van der Waals surface area contributed by atoms with Gasteiger partial charge in [-0.3, -0.25) is 4.79 Å². The number of thiophene rings is 1. The maximum Gasteiger partial charge on any atom is 0.267 e. The molecule has 29 heavy (non-hydrogen) atoms. The highest BCUT2D eigenvalue weighted by molar-refractivity contribution is 7.21. The summed E-state index contributed by atoms with van der Waals surface area (Å²) in [7, 11) is 0. The van der Waals surface area contributed by atoms with Crippen molar-refractivity contribution in [3.05, 3.63) is 75.8 Å². The van der Waals surface area contributed by atoms with Crippen LogP contribution in [-0.2, 0) is 0 Å². The molecule has 146 valence electrons. The van der Waals surface area contributed by atoms with Crippen LogP contribution < -0.4 is 15.8 Å². The Bertz CT molecular complexity index is 1200. The Kier molecular flexibility index (Phi) is 5.13. The normalized spacial score (nSPS) is 10.9. The number of anilines is 2. The molecule has 2 heterocycles. The number of nitrogens with one attached hydrogen (secondary N) is 1. The minimum atomic E-state index is -0.256. The van der Waals surface area contributed by atoms with Gasteiger partial charge in [0.05, 0.1) is 5.69 Å². The predicted octanol–water partition coefficient (Wildman–Crippen LogP) is 6.19. The molecule has 5 nitrogen and oxygen atoms in total. The average molecular weight is 424 g/mol. The molecule has 0 bridgehead atoms. The molecule has 0 atom stereocenters. The number of aryl methyl sites for hydroxylation is 2. The van der Waals surface area contributed by atoms with Crippen LogP contribution in [0.4, 0.5) is 11.4 Å². The Balaban J connectivity index is 1.51. The van der Waals surface area contributed by atoms with Crippen molar-refractivity contribution < 1.29 is 9.53 Å². The standard InChI is InChI=1S/C22H18ClN3O2S/c1-12-11-13(2)25-22-18(12)19(24)20(29-22)21(27)26-15-5-9-17(10-6-15)28-16-7-3-14(23)4-8-16/h3-11H,24H2,1-2H3,(H,26,27). The average Bonchev–Trinajstić information content (AvgIpc) is 3.02. The van der Waals surface area contributed by atoms with E-state index in [1.165, 1.54) is 11.3 Å². The molecule has 0 saturated heterocycles. The molecule has 0 radical (unpaired) electrons. The first-order valence-electron chi connectivity index (χ1n) is 8.92. The maximum atomic E-state index is 12.8. The van der Waals surface area contributed by atoms with Crippen LogP contribution in [0.15, 0.2) is 54.6 Å². The van der Waals surface area contributed by atoms with Crippen LogP contribution in [-0.4, -0.2) is 10.9 Å². The van der Waals surface area contributed by atoms with Gasteiger partial charge >= 0.3 is 0 Å². The maximum absolute atomic E-state index is 12.8. The molecule has 0 saturated carbocycles. The van der Waals surface area contributed by atoms with Crippen molar-refractivity contribution in [1.82, 2.24) is 4.98 Å². The number of nitrogen functional groups attached to an aromatic ring is 1. The molecular weight excluding hydrogens is 406 g/mol. The molecule has 4 rings (SSSR count). The quantitative estimate of drug-likeness (QED) is 0.410. The van der Waals surface area contributed by atoms with Gasteiger partial charge in [-0.05, 0) is 74.0 Å². The number of pyridine rings is 1. The first-order valence-corrected chi connectivity index (χ1v) is 10.1. The minimum Gasteiger partial charge on any atom is -0.457 e. The van der Waals surface area contributed by atoms with E-state index in [0.717, 1.165) is 21.5 Å². The van der Waals surface area contributed by atoms with Gasteiger partial charge in [0.2, 0.25) is 0 Å². The van der Waals surface area contributed by atoms with Crippen LogP contribution >= 0.6 is 22.9 Å². The molecule has 7 heteroatoms. The lowest BCUT2D eigenvalue weighted by molar-refractivity contribution is 0.103. The van der Waals surface area contributed by atoms with E-state index >= 15 is 0 Å². The van der Waals surface area contributed by atoms with E-state index in [2.05, 4.69) is 10.3 Å². The van der Waals surface area contributed by atoms with Gasteiger partial charge in [-0.1, -0.05) is 11.6 Å². The van der Waals surface area contributed by atoms with E-state index in [9.17, 15) is 4.79 Å². The van der Waals surface area contributed by atoms with Crippen molar-refractivity contribution >= 4 is 50.4 Å². The number of nitrogens with two attached hydrogens (primary N) is 1. The highest BCUT2D eigenvalue weighted by Crippen LogP contribution is 2.35. The number of nitrogens with zero attached hydrogens (tertiary/aromatic N) is 1. The number of hydrogen-bond acceptors (Lipinski definition) is 5. The summed E-state index contributed by atoms with van der Waals surface area (Å²) >= 11 is 7.18. The van der Waals surface area contributed by atoms with Crippen molar-refractivity contribution in [3.63, 3.8) is 0 Å². The molecule has 4 aromatic rings. The number of ether oxygens (including phenoxy) is 1. The van der Waals surface area contributed by atoms with E-state index in [-0.39, 0.29) is 5.91 Å². The van der Waals surface area contributed by atoms with Crippen molar-refractivity contribution in [2.45, 2.75) is 13.8 Å². The van der Waals surface area contributed by atoms with Gasteiger partial charge in [-0.15, -0.1) is 11.3 Å². The zero-order valence-electron chi connectivity index (χ0n) is 15.8. The lowest BCUT2D eigenvalue weighted by atomic mass is 10.1. The van der Waals surface area contributed by atoms with Crippen molar-refractivity contribution in [3.8, 4) is 11.5 Å². The van der Waals surface area contributed by atoms with Gasteiger partial charge in [-0.2, -0.15) is 0 Å². The summed E-state index contributed by atoms with van der Waals surface area (Å²) in [5, 5.41) is 4.38. The van der Waals surface area contributed by atoms with E-state index in [0.29, 0.717) is 32.8 Å². The molecule has 0 fully saturated rings. The number of hydrogen-bond donors (Lipinski definition) is 2. The second kappa shape index (κ2) is 7.73. The number of fused-ring (bicyclic) bond motifs is 1. The molecule has 0 aliphatic heterocycles. The first kappa shape index (κ1) is 19.2. The molecule has 0 spiro atoms. The third-order valence-corrected chi connectivity index (χ3v) is 5.74. The van der Waals surface area contributed by atoms with Crippen LogP contribution in [0.25, 0.3) is 10.2 Å². The highest BCUT2D eigenvalue weighted by atomic mass is 35.5. The summed E-state index contributed by atoms with van der Waals surface area (Å²) in [5.41, 5.74) is 9.28. The summed E-state index contributed by atoms with van der Waals surface area (Å²) < 4.78 is 5.76. The molecule has 0 aliphatic rings. The number of rotatable bonds is 4. The van der Waals surface area contributed by atoms with Crippen molar-refractivity contribution in [2.24, 2.45) is 0 Å². The second-order valence-corrected chi connectivity index (χ2v) is 8.08. The molecule has 3 N–H and O–H groups in total. The van der Waals surface area contributed by atoms with E-state index in [4.69, 9.17) is 22.1 Å². The Morgan fingerprint density at radius 2 is 1.69 bits per heavy atom. The first-order chi connectivity index (χ1) is 13.9. The van der Waals surface area contributed by atoms with Crippen LogP contribution in [0, 0.1) is 13.8 Å². The number of carbonyl (C=O) groups is 1. The Morgan fingerprint density at radius 1 is 1.07 bits per heavy atom. The zero-order valence-corrected chi connectivity index (χ0v) is 17.4. The topological polar surface area (TPSA) is 77.2 Å². The van der Waals surface area contributed by atoms with Gasteiger partial charge < -0.3 is 15.8 Å². The monoisotopic (exact) mass is 423 g/mol. The number of halogens is 1. The summed E-state index contributed by atoms with van der Waals surface area (Å²) in [4.78, 5) is 18.5. The molecule has 2 aromatic heterocycles. The molecule has 0 unspecified atom stereocenters. The zero-order chi connectivity index (χ0) is 20.5. The van der Waals surface area contributed by atoms with Crippen LogP contribution in [0.2, 0.25) is 5.02 Å². The van der Waals surface area contributed by atoms with Crippen LogP contribution in [0.1, 0.15) is 20.9 Å². The van der Waals surface area contributed by atoms with Gasteiger partial charge in [0.15, 0.2) is 0 Å². The Morgan fingerprint density at radius 3 is 2.34 bits per heavy atom. The van der Waals surface area contributed by atoms with E-state index in [1.807, 2.05) is 19.9 Å². The SMILES string of the molecule is Cc1cc(C)c2c(N)c(C(=O)Nc3ccc(Oc4ccc(Cl)cc4)cc3)sc2n1. The number of amides is 1. The molecule has 0 aliphatic carbocycles. The largest absolute Gasteiger partial charge is 0.457 e. The third kappa shape index (κ3) is 4.04. The lowest BCUT2D eigenvalue weighted by Crippen LogP contribution is -2.11. The fraction of sp³-hybridized carbons (Fsp3) is 0.0909. The third-order valence-electron chi connectivity index (χ3n) is 4.39. The number of carbonyl (C=O) groups excluding carboxylic acids is 1. The Labute approximate surface area is 177 Å². The summed E-state index contributed by atoms with van der Waals surface area (Å²) in [6.07, 6.45) is 0. The summed E-state index contributed by atoms with van der Waals surface area (Å²) in [6, 6.07) is 16.2. The van der Waals surface area contributed by atoms with E-state index in [1.54, 1.807) is 48.5 Å². The number of benzene rings is 2. The summed E-state index contributed by atoms with van der Waals surface area (Å²) in [5.74, 6) is 1.08. The van der Waals surface area contributed by atoms with Gasteiger partial charge in [0.1, 0.15) is 21.2 Å². The van der Waals surface area contributed by atoms with Crippen LogP contribution in [0.3, 0.4) is 0 Å². The molecule has 2 aromatic carbocycles. The summed E-state index contributed by atoms with van der Waals surface area (Å²) in [6.45, 7) is 3.90. The molecular formula is C22H18ClN3O2S. The van der Waals surface area contributed by atoms with Crippen molar-refractivity contribution in [1.29, 1.82) is 0 Å². The van der Waals surface area contributed by atoms with Gasteiger partial charge in [0, 0.05) is 21.8 Å². The van der Waals surface area contributed by atoms with Gasteiger partial charge in [0.25, 0.3) is 5.91 Å². The minimum absolute atomic E-state index is 0.256. The highest BCUT2D eigenvalue weighted by Gasteiger charge is 2.19. The van der Waals surface area contributed by atoms with Crippen molar-refractivity contribution in [2.75, 3.05) is 11.1 Å². The van der Waals surface area contributed by atoms with Crippen LogP contribution in [0.5, 0.6) is 11.5 Å². The molecule has 1 amide bonds. The fourth-order valence-electron chi connectivity index (χ4n) is 3.07. The van der Waals surface area contributed by atoms with E-state index < -0.39 is 0 Å². The smallest absolute Gasteiger partial charge is 0.267 e. The predicted molar refractivity (Wildman–Crippen MR) is 119 cm³/mol. The fourth-order valence-corrected chi connectivity index (χ4v) is 4.31.